The molecule has 0 spiro atoms. The Bertz CT molecular complexity index is 694. The van der Waals surface area contributed by atoms with Crippen LogP contribution in [0.5, 0.6) is 5.75 Å². The van der Waals surface area contributed by atoms with Crippen molar-refractivity contribution in [2.24, 2.45) is 5.10 Å². The highest BCUT2D eigenvalue weighted by atomic mass is 19.4. The summed E-state index contributed by atoms with van der Waals surface area (Å²) in [5.41, 5.74) is 3.57. The summed E-state index contributed by atoms with van der Waals surface area (Å²) in [7, 11) is 0. The Hall–Kier alpha value is -2.06. The molecule has 2 heterocycles. The summed E-state index contributed by atoms with van der Waals surface area (Å²) >= 11 is 0. The summed E-state index contributed by atoms with van der Waals surface area (Å²) < 4.78 is 38.1. The minimum Gasteiger partial charge on any atom is -0.507 e. The molecule has 2 unspecified atom stereocenters. The van der Waals surface area contributed by atoms with Gasteiger partial charge < -0.3 is 10.4 Å². The SMILES string of the molecule is CC1=CC(NC2CCCNC2)NN=C1c1ccc(C(F)(F)F)cc1O. The number of allylic oxidation sites excluding steroid dienone is 1. The van der Waals surface area contributed by atoms with Gasteiger partial charge in [0.05, 0.1) is 11.3 Å². The standard InChI is InChI=1S/C17H21F3N4O/c1-10-7-15(22-12-3-2-6-21-9-12)23-24-16(10)13-5-4-11(8-14(13)25)17(18,19)20/h4-5,7-8,12,15,21-23,25H,2-3,6,9H2,1H3. The molecule has 25 heavy (non-hydrogen) atoms. The van der Waals surface area contributed by atoms with E-state index in [4.69, 9.17) is 0 Å². The Morgan fingerprint density at radius 1 is 1.32 bits per heavy atom. The molecule has 1 fully saturated rings. The smallest absolute Gasteiger partial charge is 0.416 e. The van der Waals surface area contributed by atoms with Gasteiger partial charge in [-0.15, -0.1) is 0 Å². The second-order valence-corrected chi connectivity index (χ2v) is 6.36. The van der Waals surface area contributed by atoms with Crippen LogP contribution in [0.2, 0.25) is 0 Å². The maximum Gasteiger partial charge on any atom is 0.416 e. The number of hydrazone groups is 1. The second kappa shape index (κ2) is 7.05. The predicted molar refractivity (Wildman–Crippen MR) is 89.4 cm³/mol. The van der Waals surface area contributed by atoms with Crippen LogP contribution in [0.3, 0.4) is 0 Å². The Morgan fingerprint density at radius 3 is 2.72 bits per heavy atom. The number of halogens is 3. The van der Waals surface area contributed by atoms with Gasteiger partial charge in [-0.25, -0.2) is 0 Å². The van der Waals surface area contributed by atoms with Crippen molar-refractivity contribution >= 4 is 5.71 Å². The maximum absolute atomic E-state index is 12.7. The molecule has 4 N–H and O–H groups in total. The van der Waals surface area contributed by atoms with Gasteiger partial charge in [-0.05, 0) is 56.2 Å². The summed E-state index contributed by atoms with van der Waals surface area (Å²) in [5, 5.41) is 21.0. The Kier molecular flexibility index (Phi) is 5.01. The number of nitrogens with zero attached hydrogens (tertiary/aromatic N) is 1. The van der Waals surface area contributed by atoms with Crippen molar-refractivity contribution in [1.29, 1.82) is 0 Å². The predicted octanol–water partition coefficient (Wildman–Crippen LogP) is 2.33. The number of hydrogen-bond acceptors (Lipinski definition) is 5. The normalized spacial score (nSPS) is 24.3. The van der Waals surface area contributed by atoms with Crippen LogP contribution in [0.1, 0.15) is 30.9 Å². The molecule has 1 aromatic carbocycles. The molecule has 1 saturated heterocycles. The van der Waals surface area contributed by atoms with Crippen molar-refractivity contribution in [3.8, 4) is 5.75 Å². The van der Waals surface area contributed by atoms with Crippen LogP contribution < -0.4 is 16.1 Å². The second-order valence-electron chi connectivity index (χ2n) is 6.36. The average molecular weight is 354 g/mol. The molecule has 2 atom stereocenters. The lowest BCUT2D eigenvalue weighted by Crippen LogP contribution is -2.51. The molecule has 0 radical (unpaired) electrons. The lowest BCUT2D eigenvalue weighted by molar-refractivity contribution is -0.137. The van der Waals surface area contributed by atoms with E-state index in [0.717, 1.165) is 43.6 Å². The summed E-state index contributed by atoms with van der Waals surface area (Å²) in [6.45, 7) is 3.74. The molecule has 5 nitrogen and oxygen atoms in total. The molecular weight excluding hydrogens is 333 g/mol. The van der Waals surface area contributed by atoms with E-state index in [-0.39, 0.29) is 11.7 Å². The number of aromatic hydroxyl groups is 1. The largest absolute Gasteiger partial charge is 0.507 e. The number of phenols is 1. The summed E-state index contributed by atoms with van der Waals surface area (Å²) in [6, 6.07) is 3.26. The quantitative estimate of drug-likeness (QED) is 0.673. The van der Waals surface area contributed by atoms with Crippen LogP contribution in [0.15, 0.2) is 34.9 Å². The Morgan fingerprint density at radius 2 is 2.12 bits per heavy atom. The minimum absolute atomic E-state index is 0.148. The molecule has 0 bridgehead atoms. The summed E-state index contributed by atoms with van der Waals surface area (Å²) in [4.78, 5) is 0. The Labute approximate surface area is 144 Å². The first-order valence-corrected chi connectivity index (χ1v) is 8.24. The molecule has 0 aliphatic carbocycles. The van der Waals surface area contributed by atoms with Crippen molar-refractivity contribution in [1.82, 2.24) is 16.1 Å². The van der Waals surface area contributed by atoms with Crippen LogP contribution >= 0.6 is 0 Å². The molecule has 0 amide bonds. The van der Waals surface area contributed by atoms with Gasteiger partial charge in [0, 0.05) is 18.2 Å². The minimum atomic E-state index is -4.49. The molecule has 0 saturated carbocycles. The first-order chi connectivity index (χ1) is 11.8. The number of piperidine rings is 1. The zero-order valence-electron chi connectivity index (χ0n) is 13.8. The highest BCUT2D eigenvalue weighted by Crippen LogP contribution is 2.33. The van der Waals surface area contributed by atoms with E-state index in [2.05, 4.69) is 21.2 Å². The fraction of sp³-hybridized carbons (Fsp3) is 0.471. The monoisotopic (exact) mass is 354 g/mol. The number of nitrogens with one attached hydrogen (secondary N) is 3. The third kappa shape index (κ3) is 4.13. The Balaban J connectivity index is 1.73. The van der Waals surface area contributed by atoms with Crippen molar-refractivity contribution in [3.63, 3.8) is 0 Å². The van der Waals surface area contributed by atoms with Gasteiger partial charge in [-0.3, -0.25) is 10.7 Å². The highest BCUT2D eigenvalue weighted by molar-refractivity contribution is 6.14. The lowest BCUT2D eigenvalue weighted by Gasteiger charge is -2.29. The molecule has 2 aliphatic heterocycles. The van der Waals surface area contributed by atoms with Crippen molar-refractivity contribution < 1.29 is 18.3 Å². The highest BCUT2D eigenvalue weighted by Gasteiger charge is 2.31. The topological polar surface area (TPSA) is 68.7 Å². The zero-order valence-corrected chi connectivity index (χ0v) is 13.8. The van der Waals surface area contributed by atoms with E-state index in [0.29, 0.717) is 11.8 Å². The van der Waals surface area contributed by atoms with Crippen LogP contribution in [0.25, 0.3) is 0 Å². The maximum atomic E-state index is 12.7. The number of hydrogen-bond donors (Lipinski definition) is 4. The molecule has 2 aliphatic rings. The average Bonchev–Trinajstić information content (AvgIpc) is 2.56. The van der Waals surface area contributed by atoms with Gasteiger partial charge in [0.25, 0.3) is 0 Å². The van der Waals surface area contributed by atoms with E-state index in [9.17, 15) is 18.3 Å². The van der Waals surface area contributed by atoms with E-state index < -0.39 is 17.5 Å². The van der Waals surface area contributed by atoms with Crippen molar-refractivity contribution in [2.45, 2.75) is 38.1 Å². The molecule has 1 aromatic rings. The van der Waals surface area contributed by atoms with E-state index in [1.807, 2.05) is 13.0 Å². The molecule has 0 aromatic heterocycles. The number of benzene rings is 1. The van der Waals surface area contributed by atoms with Gasteiger partial charge >= 0.3 is 6.18 Å². The number of phenolic OH excluding ortho intramolecular Hbond substituents is 1. The summed E-state index contributed by atoms with van der Waals surface area (Å²) in [6.07, 6.45) is -0.523. The van der Waals surface area contributed by atoms with Crippen molar-refractivity contribution in [2.75, 3.05) is 13.1 Å². The van der Waals surface area contributed by atoms with Crippen LogP contribution in [-0.4, -0.2) is 36.1 Å². The van der Waals surface area contributed by atoms with E-state index >= 15 is 0 Å². The van der Waals surface area contributed by atoms with Gasteiger partial charge in [0.1, 0.15) is 11.9 Å². The number of rotatable bonds is 3. The van der Waals surface area contributed by atoms with Gasteiger partial charge in [0.2, 0.25) is 0 Å². The first-order valence-electron chi connectivity index (χ1n) is 8.24. The third-order valence-electron chi connectivity index (χ3n) is 4.40. The van der Waals surface area contributed by atoms with E-state index in [1.165, 1.54) is 6.07 Å². The van der Waals surface area contributed by atoms with E-state index in [1.54, 1.807) is 0 Å². The number of alkyl halides is 3. The van der Waals surface area contributed by atoms with Gasteiger partial charge in [0.15, 0.2) is 0 Å². The molecule has 3 rings (SSSR count). The zero-order chi connectivity index (χ0) is 18.0. The third-order valence-corrected chi connectivity index (χ3v) is 4.40. The van der Waals surface area contributed by atoms with Crippen LogP contribution in [0.4, 0.5) is 13.2 Å². The fourth-order valence-electron chi connectivity index (χ4n) is 3.10. The molecule has 8 heteroatoms. The van der Waals surface area contributed by atoms with Crippen LogP contribution in [-0.2, 0) is 6.18 Å². The summed E-state index contributed by atoms with van der Waals surface area (Å²) in [5.74, 6) is -0.439. The molecular formula is C17H21F3N4O. The molecule has 136 valence electrons. The van der Waals surface area contributed by atoms with Crippen molar-refractivity contribution in [3.05, 3.63) is 41.0 Å². The van der Waals surface area contributed by atoms with Gasteiger partial charge in [-0.2, -0.15) is 18.3 Å². The van der Waals surface area contributed by atoms with Crippen LogP contribution in [0, 0.1) is 0 Å². The first kappa shape index (κ1) is 17.8. The van der Waals surface area contributed by atoms with Gasteiger partial charge in [-0.1, -0.05) is 0 Å². The lowest BCUT2D eigenvalue weighted by atomic mass is 9.99. The fourth-order valence-corrected chi connectivity index (χ4v) is 3.10.